The standard InChI is InChI=1S/C28H45NO20/c1-2-43-24-13(16(35)18(24)37)29-3-4-42-5-6-44-26-21(40)19(38)23(12(9-32)47-26)48-28-22(41)25(15(34)11(8-31)46-28)49-27-20(39)17(36)14(33)10(7-30)45-27/h10-12,14-15,17,19-23,25-34,36,38-41H,2-9H2,1H3/t10-,11-,12-,14+,15+,17+,19-,20-,21-,22-,23-,25+,26-,27-,28+/m1/s1. The van der Waals surface area contributed by atoms with Crippen LogP contribution in [0.25, 0.3) is 0 Å². The highest BCUT2D eigenvalue weighted by atomic mass is 16.8. The first kappa shape index (κ1) is 39.8. The molecule has 4 rings (SSSR count). The molecule has 0 amide bonds. The molecule has 11 N–H and O–H groups in total. The lowest BCUT2D eigenvalue weighted by Gasteiger charge is -2.48. The molecule has 0 aromatic heterocycles. The van der Waals surface area contributed by atoms with Gasteiger partial charge in [-0.15, -0.1) is 0 Å². The predicted molar refractivity (Wildman–Crippen MR) is 157 cm³/mol. The summed E-state index contributed by atoms with van der Waals surface area (Å²) in [6.07, 6.45) is -25.4. The third kappa shape index (κ3) is 8.73. The van der Waals surface area contributed by atoms with E-state index in [1.54, 1.807) is 6.92 Å². The maximum atomic E-state index is 11.7. The van der Waals surface area contributed by atoms with E-state index in [0.29, 0.717) is 0 Å². The highest BCUT2D eigenvalue weighted by Crippen LogP contribution is 2.32. The zero-order chi connectivity index (χ0) is 36.0. The number of rotatable bonds is 17. The Morgan fingerprint density at radius 2 is 1.18 bits per heavy atom. The van der Waals surface area contributed by atoms with Crippen LogP contribution in [0.15, 0.2) is 9.59 Å². The van der Waals surface area contributed by atoms with Crippen molar-refractivity contribution in [2.24, 2.45) is 0 Å². The van der Waals surface area contributed by atoms with Gasteiger partial charge >= 0.3 is 0 Å². The molecule has 0 radical (unpaired) electrons. The van der Waals surface area contributed by atoms with Gasteiger partial charge < -0.3 is 94.3 Å². The molecule has 0 aliphatic carbocycles. The molecule has 3 saturated heterocycles. The summed E-state index contributed by atoms with van der Waals surface area (Å²) in [5.74, 6) is -0.0323. The predicted octanol–water partition coefficient (Wildman–Crippen LogP) is -7.43. The van der Waals surface area contributed by atoms with Crippen molar-refractivity contribution in [1.29, 1.82) is 0 Å². The summed E-state index contributed by atoms with van der Waals surface area (Å²) in [6.45, 7) is -0.437. The molecule has 15 atom stereocenters. The molecule has 0 spiro atoms. The summed E-state index contributed by atoms with van der Waals surface area (Å²) in [6, 6.07) is 0. The third-order valence-electron chi connectivity index (χ3n) is 8.29. The molecule has 21 nitrogen and oxygen atoms in total. The fourth-order valence-electron chi connectivity index (χ4n) is 5.56. The molecule has 1 aromatic rings. The van der Waals surface area contributed by atoms with E-state index in [9.17, 15) is 60.7 Å². The van der Waals surface area contributed by atoms with Crippen LogP contribution in [0.2, 0.25) is 0 Å². The largest absolute Gasteiger partial charge is 0.488 e. The zero-order valence-electron chi connectivity index (χ0n) is 26.4. The average molecular weight is 716 g/mol. The fraction of sp³-hybridized carbons (Fsp3) is 0.857. The Kier molecular flexibility index (Phi) is 14.6. The van der Waals surface area contributed by atoms with Crippen LogP contribution in [0.5, 0.6) is 5.75 Å². The van der Waals surface area contributed by atoms with Crippen LogP contribution in [0, 0.1) is 0 Å². The number of nitrogens with one attached hydrogen (secondary N) is 1. The molecule has 0 unspecified atom stereocenters. The lowest BCUT2D eigenvalue weighted by atomic mass is 9.96. The van der Waals surface area contributed by atoms with Gasteiger partial charge in [0.1, 0.15) is 78.9 Å². The quantitative estimate of drug-likeness (QED) is 0.0527. The Morgan fingerprint density at radius 3 is 1.82 bits per heavy atom. The second-order valence-electron chi connectivity index (χ2n) is 11.5. The van der Waals surface area contributed by atoms with Gasteiger partial charge in [-0.2, -0.15) is 0 Å². The number of anilines is 1. The normalized spacial score (nSPS) is 40.0. The topological polar surface area (TPSA) is 322 Å². The summed E-state index contributed by atoms with van der Waals surface area (Å²) >= 11 is 0. The molecular formula is C28H45NO20. The second kappa shape index (κ2) is 18.0. The van der Waals surface area contributed by atoms with E-state index in [4.69, 9.17) is 37.9 Å². The number of hydrogen-bond acceptors (Lipinski definition) is 21. The molecule has 0 bridgehead atoms. The van der Waals surface area contributed by atoms with E-state index in [1.165, 1.54) is 0 Å². The number of ether oxygens (including phenoxy) is 8. The first-order chi connectivity index (χ1) is 23.4. The molecule has 282 valence electrons. The summed E-state index contributed by atoms with van der Waals surface area (Å²) in [5, 5.41) is 106. The minimum atomic E-state index is -1.94. The van der Waals surface area contributed by atoms with Crippen molar-refractivity contribution in [3.63, 3.8) is 0 Å². The fourth-order valence-corrected chi connectivity index (χ4v) is 5.56. The van der Waals surface area contributed by atoms with E-state index >= 15 is 0 Å². The Bertz CT molecular complexity index is 1230. The van der Waals surface area contributed by atoms with Crippen LogP contribution in [-0.4, -0.2) is 196 Å². The van der Waals surface area contributed by atoms with Gasteiger partial charge in [0.25, 0.3) is 10.9 Å². The first-order valence-corrected chi connectivity index (χ1v) is 15.7. The summed E-state index contributed by atoms with van der Waals surface area (Å²) in [7, 11) is 0. The molecule has 3 heterocycles. The van der Waals surface area contributed by atoms with Crippen molar-refractivity contribution >= 4 is 5.69 Å². The Morgan fingerprint density at radius 1 is 0.612 bits per heavy atom. The van der Waals surface area contributed by atoms with Gasteiger partial charge in [-0.05, 0) is 6.92 Å². The van der Waals surface area contributed by atoms with Crippen LogP contribution < -0.4 is 20.9 Å². The Balaban J connectivity index is 1.29. The van der Waals surface area contributed by atoms with Crippen LogP contribution in [-0.2, 0) is 33.2 Å². The van der Waals surface area contributed by atoms with E-state index in [0.717, 1.165) is 0 Å². The van der Waals surface area contributed by atoms with Crippen molar-refractivity contribution in [3.05, 3.63) is 20.4 Å². The van der Waals surface area contributed by atoms with Crippen LogP contribution in [0.1, 0.15) is 6.92 Å². The molecule has 1 aromatic carbocycles. The average Bonchev–Trinajstić information content (AvgIpc) is 3.10. The van der Waals surface area contributed by atoms with Gasteiger partial charge in [0, 0.05) is 6.54 Å². The number of aliphatic hydroxyl groups is 10. The van der Waals surface area contributed by atoms with Crippen molar-refractivity contribution < 1.29 is 89.0 Å². The van der Waals surface area contributed by atoms with E-state index in [-0.39, 0.29) is 44.4 Å². The molecular weight excluding hydrogens is 670 g/mol. The van der Waals surface area contributed by atoms with E-state index < -0.39 is 123 Å². The van der Waals surface area contributed by atoms with Gasteiger partial charge in [-0.1, -0.05) is 0 Å². The SMILES string of the molecule is CCOc1c(NCCOCCO[C@@H]2O[C@H](CO)[C@@H](O[C@@H]3O[C@H](CO)[C@H](O)[C@H](O[C@H]4O[C@H](CO)[C@H](O)[C@H](O)[C@H]4O)[C@H]3O)[C@H](O)[C@H]2O)c(=O)c1=O. The monoisotopic (exact) mass is 715 g/mol. The lowest BCUT2D eigenvalue weighted by Crippen LogP contribution is -2.66. The molecule has 49 heavy (non-hydrogen) atoms. The zero-order valence-corrected chi connectivity index (χ0v) is 26.4. The van der Waals surface area contributed by atoms with Crippen molar-refractivity contribution in [2.45, 2.75) is 99.0 Å². The van der Waals surface area contributed by atoms with Crippen LogP contribution in [0.4, 0.5) is 5.69 Å². The third-order valence-corrected chi connectivity index (χ3v) is 8.29. The summed E-state index contributed by atoms with van der Waals surface area (Å²) in [5.41, 5.74) is -1.33. The first-order valence-electron chi connectivity index (χ1n) is 15.7. The van der Waals surface area contributed by atoms with Crippen LogP contribution in [0.3, 0.4) is 0 Å². The minimum absolute atomic E-state index is 0.0267. The smallest absolute Gasteiger partial charge is 0.272 e. The van der Waals surface area contributed by atoms with Crippen molar-refractivity contribution in [3.8, 4) is 5.75 Å². The van der Waals surface area contributed by atoms with Crippen LogP contribution >= 0.6 is 0 Å². The van der Waals surface area contributed by atoms with Gasteiger partial charge in [0.05, 0.1) is 46.2 Å². The minimum Gasteiger partial charge on any atom is -0.488 e. The van der Waals surface area contributed by atoms with Gasteiger partial charge in [-0.25, -0.2) is 0 Å². The molecule has 3 aliphatic rings. The summed E-state index contributed by atoms with van der Waals surface area (Å²) in [4.78, 5) is 23.2. The van der Waals surface area contributed by atoms with E-state index in [2.05, 4.69) is 5.32 Å². The van der Waals surface area contributed by atoms with Gasteiger partial charge in [0.15, 0.2) is 24.6 Å². The highest BCUT2D eigenvalue weighted by molar-refractivity contribution is 5.61. The Labute approximate surface area is 278 Å². The Hall–Kier alpha value is -2.00. The maximum Gasteiger partial charge on any atom is 0.272 e. The molecule has 21 heteroatoms. The second-order valence-corrected chi connectivity index (χ2v) is 11.5. The molecule has 0 saturated carbocycles. The molecule has 3 fully saturated rings. The van der Waals surface area contributed by atoms with Gasteiger partial charge in [-0.3, -0.25) is 9.59 Å². The summed E-state index contributed by atoms with van der Waals surface area (Å²) < 4.78 is 43.5. The highest BCUT2D eigenvalue weighted by Gasteiger charge is 2.53. The lowest BCUT2D eigenvalue weighted by molar-refractivity contribution is -0.380. The number of aliphatic hydroxyl groups excluding tert-OH is 10. The van der Waals surface area contributed by atoms with Crippen molar-refractivity contribution in [1.82, 2.24) is 0 Å². The van der Waals surface area contributed by atoms with Crippen molar-refractivity contribution in [2.75, 3.05) is 58.1 Å². The molecule has 3 aliphatic heterocycles. The maximum absolute atomic E-state index is 11.7. The number of hydrogen-bond donors (Lipinski definition) is 11. The van der Waals surface area contributed by atoms with E-state index in [1.807, 2.05) is 0 Å². The van der Waals surface area contributed by atoms with Gasteiger partial charge in [0.2, 0.25) is 0 Å².